The number of allylic oxidation sites excluding steroid dienone is 6. The molecule has 8 aliphatic rings. The van der Waals surface area contributed by atoms with E-state index in [2.05, 4.69) is 103 Å². The molecule has 0 aromatic rings. The number of carbonyl (C=O) groups excluding carboxylic acids is 2. The summed E-state index contributed by atoms with van der Waals surface area (Å²) < 4.78 is 0. The van der Waals surface area contributed by atoms with Gasteiger partial charge in [-0.15, -0.1) is 0 Å². The van der Waals surface area contributed by atoms with Crippen LogP contribution in [0.2, 0.25) is 0 Å². The van der Waals surface area contributed by atoms with E-state index in [1.165, 1.54) is 89.0 Å². The summed E-state index contributed by atoms with van der Waals surface area (Å²) in [6.07, 6.45) is 24.9. The van der Waals surface area contributed by atoms with E-state index in [4.69, 9.17) is 0 Å². The third-order valence-electron chi connectivity index (χ3n) is 23.4. The molecule has 0 amide bonds. The Labute approximate surface area is 393 Å². The number of aliphatic hydroxyl groups excluding tert-OH is 1. The van der Waals surface area contributed by atoms with Gasteiger partial charge in [0.25, 0.3) is 0 Å². The summed E-state index contributed by atoms with van der Waals surface area (Å²) in [5, 5.41) is 20.6. The van der Waals surface area contributed by atoms with Crippen molar-refractivity contribution < 1.29 is 19.8 Å². The lowest BCUT2D eigenvalue weighted by molar-refractivity contribution is -0.140. The van der Waals surface area contributed by atoms with E-state index in [0.717, 1.165) is 50.4 Å². The van der Waals surface area contributed by atoms with Gasteiger partial charge in [-0.2, -0.15) is 0 Å². The standard InChI is InChI=1S/C30H50O3.C30H48O/c1-19(9-12-25(32)27(4,5)33)20-13-17-30(8)22-10-11-23-26(2,3)24(31)15-16-28(23,6)21(22)14-18-29(20,30)7;1-20(2)10-9-11-21(3)22-14-18-30(8)24-12-13-25-27(4,5)26(31)16-17-28(25,6)23(24)15-19-29(22,30)7/h19-20,23,25,32-33H,9-18H2,1-8H3;10,21-22,25H,9,11-19H2,1-8H3/t19?,20?,23-,25?,28+,29+,30-;21?,22?,25-,28+,29+,30-/m00/s1. The fourth-order valence-corrected chi connectivity index (χ4v) is 18.7. The molecule has 0 radical (unpaired) electrons. The Balaban J connectivity index is 0.000000192. The number of rotatable bonds is 9. The van der Waals surface area contributed by atoms with Crippen molar-refractivity contribution in [1.82, 2.24) is 0 Å². The molecule has 4 heteroatoms. The monoisotopic (exact) mass is 883 g/mol. The van der Waals surface area contributed by atoms with Crippen molar-refractivity contribution in [2.24, 2.45) is 78.8 Å². The first-order chi connectivity index (χ1) is 29.5. The molecular formula is C60H98O4. The van der Waals surface area contributed by atoms with Gasteiger partial charge in [0.2, 0.25) is 0 Å². The van der Waals surface area contributed by atoms with Crippen LogP contribution in [-0.4, -0.2) is 33.5 Å². The summed E-state index contributed by atoms with van der Waals surface area (Å²) in [6.45, 7) is 37.2. The van der Waals surface area contributed by atoms with Crippen molar-refractivity contribution in [1.29, 1.82) is 0 Å². The van der Waals surface area contributed by atoms with Crippen LogP contribution in [0.5, 0.6) is 0 Å². The average molecular weight is 883 g/mol. The van der Waals surface area contributed by atoms with Crippen LogP contribution in [0.15, 0.2) is 33.9 Å². The smallest absolute Gasteiger partial charge is 0.138 e. The molecule has 0 heterocycles. The minimum atomic E-state index is -1.03. The first-order valence-electron chi connectivity index (χ1n) is 27.0. The number of hydrogen-bond acceptors (Lipinski definition) is 4. The van der Waals surface area contributed by atoms with Crippen LogP contribution in [0.3, 0.4) is 0 Å². The molecule has 0 aromatic heterocycles. The molecule has 2 N–H and O–H groups in total. The average Bonchev–Trinajstić information content (AvgIpc) is 3.65. The first-order valence-corrected chi connectivity index (χ1v) is 27.0. The molecule has 362 valence electrons. The SMILES string of the molecule is CC(C)=CCCC(C)C1CC[C@@]2(C)C3=C(CC[C@]12C)[C@@]1(C)CCC(=O)C(C)(C)[C@@H]1CC3.CC(CCC(O)C(C)(C)O)C1CC[C@@]2(C)C3=C(CC[C@]12C)[C@@]1(C)CCC(=O)C(C)(C)[C@@H]1CC3. The second-order valence-electron chi connectivity index (χ2n) is 27.6. The summed E-state index contributed by atoms with van der Waals surface area (Å²) in [7, 11) is 0. The highest BCUT2D eigenvalue weighted by Gasteiger charge is 2.65. The lowest BCUT2D eigenvalue weighted by Crippen LogP contribution is -2.53. The van der Waals surface area contributed by atoms with Gasteiger partial charge in [-0.05, 0) is 211 Å². The van der Waals surface area contributed by atoms with E-state index in [0.29, 0.717) is 57.9 Å². The fourth-order valence-electron chi connectivity index (χ4n) is 18.7. The number of carbonyl (C=O) groups is 2. The zero-order valence-corrected chi connectivity index (χ0v) is 44.5. The zero-order chi connectivity index (χ0) is 47.4. The third-order valence-corrected chi connectivity index (χ3v) is 23.4. The Bertz CT molecular complexity index is 1910. The molecule has 64 heavy (non-hydrogen) atoms. The van der Waals surface area contributed by atoms with E-state index < -0.39 is 11.7 Å². The Kier molecular flexibility index (Phi) is 13.3. The molecule has 8 rings (SSSR count). The number of aliphatic hydroxyl groups is 2. The van der Waals surface area contributed by atoms with Gasteiger partial charge >= 0.3 is 0 Å². The lowest BCUT2D eigenvalue weighted by atomic mass is 9.43. The number of ketones is 2. The molecule has 8 aliphatic carbocycles. The first kappa shape index (κ1) is 50.4. The van der Waals surface area contributed by atoms with Crippen LogP contribution in [0.1, 0.15) is 239 Å². The quantitative estimate of drug-likeness (QED) is 0.226. The topological polar surface area (TPSA) is 74.6 Å². The van der Waals surface area contributed by atoms with Crippen molar-refractivity contribution in [2.75, 3.05) is 0 Å². The van der Waals surface area contributed by atoms with Gasteiger partial charge in [-0.25, -0.2) is 0 Å². The van der Waals surface area contributed by atoms with Crippen molar-refractivity contribution in [3.05, 3.63) is 33.9 Å². The highest BCUT2D eigenvalue weighted by molar-refractivity contribution is 5.86. The Morgan fingerprint density at radius 2 is 0.984 bits per heavy atom. The highest BCUT2D eigenvalue weighted by atomic mass is 16.3. The van der Waals surface area contributed by atoms with Gasteiger partial charge in [0.1, 0.15) is 11.6 Å². The summed E-state index contributed by atoms with van der Waals surface area (Å²) in [4.78, 5) is 25.6. The maximum atomic E-state index is 12.8. The predicted octanol–water partition coefficient (Wildman–Crippen LogP) is 15.5. The van der Waals surface area contributed by atoms with Gasteiger partial charge in [-0.3, -0.25) is 9.59 Å². The minimum Gasteiger partial charge on any atom is -0.390 e. The maximum Gasteiger partial charge on any atom is 0.138 e. The van der Waals surface area contributed by atoms with Crippen molar-refractivity contribution >= 4 is 11.6 Å². The normalized spacial score (nSPS) is 42.5. The van der Waals surface area contributed by atoms with Crippen LogP contribution in [0, 0.1) is 78.8 Å². The summed E-state index contributed by atoms with van der Waals surface area (Å²) >= 11 is 0. The molecule has 0 bridgehead atoms. The molecule has 0 aromatic carbocycles. The Morgan fingerprint density at radius 1 is 0.578 bits per heavy atom. The van der Waals surface area contributed by atoms with Gasteiger partial charge in [0.15, 0.2) is 0 Å². The van der Waals surface area contributed by atoms with Crippen LogP contribution in [0.25, 0.3) is 0 Å². The molecule has 0 saturated heterocycles. The second-order valence-corrected chi connectivity index (χ2v) is 27.6. The van der Waals surface area contributed by atoms with Crippen molar-refractivity contribution in [2.45, 2.75) is 251 Å². The van der Waals surface area contributed by atoms with E-state index in [1.54, 1.807) is 25.0 Å². The molecule has 4 nitrogen and oxygen atoms in total. The summed E-state index contributed by atoms with van der Waals surface area (Å²) in [6, 6.07) is 0. The van der Waals surface area contributed by atoms with E-state index in [9.17, 15) is 19.8 Å². The molecule has 13 atom stereocenters. The Morgan fingerprint density at radius 3 is 1.38 bits per heavy atom. The third kappa shape index (κ3) is 7.63. The van der Waals surface area contributed by atoms with Crippen LogP contribution >= 0.6 is 0 Å². The highest BCUT2D eigenvalue weighted by Crippen LogP contribution is 2.74. The zero-order valence-electron chi connectivity index (χ0n) is 44.5. The molecule has 4 saturated carbocycles. The number of Topliss-reactive ketones (excluding diaryl/α,β-unsaturated/α-hetero) is 2. The predicted molar refractivity (Wildman–Crippen MR) is 267 cm³/mol. The van der Waals surface area contributed by atoms with Gasteiger partial charge in [-0.1, -0.05) is 117 Å². The van der Waals surface area contributed by atoms with Crippen molar-refractivity contribution in [3.63, 3.8) is 0 Å². The van der Waals surface area contributed by atoms with E-state index in [1.807, 2.05) is 11.1 Å². The largest absolute Gasteiger partial charge is 0.390 e. The minimum absolute atomic E-state index is 0.148. The maximum absolute atomic E-state index is 12.8. The van der Waals surface area contributed by atoms with Crippen LogP contribution in [0.4, 0.5) is 0 Å². The summed E-state index contributed by atoms with van der Waals surface area (Å²) in [5.41, 5.74) is 9.08. The number of fused-ring (bicyclic) bond motifs is 8. The second kappa shape index (κ2) is 16.9. The van der Waals surface area contributed by atoms with Crippen molar-refractivity contribution in [3.8, 4) is 0 Å². The van der Waals surface area contributed by atoms with Gasteiger partial charge in [0.05, 0.1) is 11.7 Å². The molecule has 0 spiro atoms. The lowest BCUT2D eigenvalue weighted by Gasteiger charge is -2.61. The Hall–Kier alpha value is -1.52. The van der Waals surface area contributed by atoms with Gasteiger partial charge < -0.3 is 10.2 Å². The van der Waals surface area contributed by atoms with E-state index >= 15 is 0 Å². The molecule has 0 aliphatic heterocycles. The molecule has 4 fully saturated rings. The van der Waals surface area contributed by atoms with Gasteiger partial charge in [0, 0.05) is 23.7 Å². The number of hydrogen-bond donors (Lipinski definition) is 2. The summed E-state index contributed by atoms with van der Waals surface area (Å²) in [5.74, 6) is 4.88. The molecule has 5 unspecified atom stereocenters. The molecular weight excluding hydrogens is 785 g/mol. The van der Waals surface area contributed by atoms with Crippen LogP contribution < -0.4 is 0 Å². The fraction of sp³-hybridized carbons (Fsp3) is 0.867. The van der Waals surface area contributed by atoms with Crippen LogP contribution in [-0.2, 0) is 9.59 Å². The van der Waals surface area contributed by atoms with E-state index in [-0.39, 0.29) is 27.1 Å².